The van der Waals surface area contributed by atoms with Crippen LogP contribution in [0.25, 0.3) is 0 Å². The maximum Gasteiger partial charge on any atom is 0.111 e. The minimum atomic E-state index is -0.521. The number of aliphatic hydroxyl groups is 1. The molecule has 0 saturated carbocycles. The summed E-state index contributed by atoms with van der Waals surface area (Å²) in [5.74, 6) is 0. The highest BCUT2D eigenvalue weighted by Gasteiger charge is 2.02. The molecule has 0 aliphatic rings. The molecular weight excluding hydrogens is 210 g/mol. The van der Waals surface area contributed by atoms with Crippen molar-refractivity contribution in [3.05, 3.63) is 25.7 Å². The quantitative estimate of drug-likeness (QED) is 0.373. The van der Waals surface area contributed by atoms with E-state index in [0.717, 1.165) is 0 Å². The third kappa shape index (κ3) is 11.0. The Kier molecular flexibility index (Phi) is 11.2. The molecule has 0 aliphatic heterocycles. The van der Waals surface area contributed by atoms with Crippen LogP contribution in [0.15, 0.2) is 25.7 Å². The van der Waals surface area contributed by atoms with E-state index in [1.54, 1.807) is 0 Å². The van der Waals surface area contributed by atoms with Gasteiger partial charge in [0.2, 0.25) is 0 Å². The summed E-state index contributed by atoms with van der Waals surface area (Å²) in [4.78, 5) is 0. The summed E-state index contributed by atoms with van der Waals surface area (Å²) in [5.41, 5.74) is 0. The molecule has 0 aromatic heterocycles. The van der Waals surface area contributed by atoms with Crippen molar-refractivity contribution < 1.29 is 19.3 Å². The van der Waals surface area contributed by atoms with E-state index in [9.17, 15) is 5.11 Å². The molecule has 0 aromatic carbocycles. The lowest BCUT2D eigenvalue weighted by molar-refractivity contribution is 0.0191. The molecule has 0 heterocycles. The summed E-state index contributed by atoms with van der Waals surface area (Å²) in [5, 5.41) is 12.5. The van der Waals surface area contributed by atoms with E-state index >= 15 is 0 Å². The Morgan fingerprint density at radius 3 is 2.50 bits per heavy atom. The van der Waals surface area contributed by atoms with Crippen LogP contribution in [0.1, 0.15) is 0 Å². The van der Waals surface area contributed by atoms with Crippen LogP contribution in [-0.4, -0.2) is 50.7 Å². The van der Waals surface area contributed by atoms with E-state index in [1.807, 2.05) is 0 Å². The molecule has 0 aliphatic carbocycles. The van der Waals surface area contributed by atoms with Gasteiger partial charge < -0.3 is 24.6 Å². The Hall–Kier alpha value is -1.04. The van der Waals surface area contributed by atoms with Gasteiger partial charge in [0.05, 0.1) is 38.4 Å². The van der Waals surface area contributed by atoms with Crippen LogP contribution in [0.5, 0.6) is 0 Å². The highest BCUT2D eigenvalue weighted by Crippen LogP contribution is 1.85. The molecule has 94 valence electrons. The maximum absolute atomic E-state index is 9.45. The molecule has 0 rings (SSSR count). The Morgan fingerprint density at radius 1 is 1.12 bits per heavy atom. The molecule has 16 heavy (non-hydrogen) atoms. The fourth-order valence-electron chi connectivity index (χ4n) is 0.952. The van der Waals surface area contributed by atoms with Crippen LogP contribution in [0, 0.1) is 0 Å². The van der Waals surface area contributed by atoms with E-state index in [-0.39, 0.29) is 6.61 Å². The summed E-state index contributed by atoms with van der Waals surface area (Å²) < 4.78 is 14.9. The second-order valence-electron chi connectivity index (χ2n) is 3.01. The molecule has 1 unspecified atom stereocenters. The van der Waals surface area contributed by atoms with Crippen LogP contribution in [0.4, 0.5) is 0 Å². The normalized spacial score (nSPS) is 11.8. The van der Waals surface area contributed by atoms with Crippen molar-refractivity contribution in [1.82, 2.24) is 5.32 Å². The van der Waals surface area contributed by atoms with Crippen molar-refractivity contribution in [2.45, 2.75) is 6.10 Å². The minimum absolute atomic E-state index is 0.288. The summed E-state index contributed by atoms with van der Waals surface area (Å²) in [6, 6.07) is 0. The zero-order valence-corrected chi connectivity index (χ0v) is 9.56. The van der Waals surface area contributed by atoms with Gasteiger partial charge >= 0.3 is 0 Å². The molecular formula is C11H21NO4. The average Bonchev–Trinajstić information content (AvgIpc) is 2.28. The van der Waals surface area contributed by atoms with Crippen LogP contribution in [0.2, 0.25) is 0 Å². The Balaban J connectivity index is 3.14. The number of nitrogens with one attached hydrogen (secondary N) is 1. The zero-order chi connectivity index (χ0) is 12.1. The van der Waals surface area contributed by atoms with Gasteiger partial charge in [0.25, 0.3) is 0 Å². The summed E-state index contributed by atoms with van der Waals surface area (Å²) in [6.07, 6.45) is 2.23. The van der Waals surface area contributed by atoms with Crippen molar-refractivity contribution in [3.63, 3.8) is 0 Å². The van der Waals surface area contributed by atoms with E-state index < -0.39 is 6.10 Å². The summed E-state index contributed by atoms with van der Waals surface area (Å²) in [6.45, 7) is 9.70. The van der Waals surface area contributed by atoms with Crippen molar-refractivity contribution in [3.8, 4) is 0 Å². The number of rotatable bonds is 12. The van der Waals surface area contributed by atoms with E-state index in [4.69, 9.17) is 14.2 Å². The topological polar surface area (TPSA) is 60.0 Å². The van der Waals surface area contributed by atoms with Gasteiger partial charge in [-0.3, -0.25) is 0 Å². The van der Waals surface area contributed by atoms with Crippen molar-refractivity contribution in [2.75, 3.05) is 39.5 Å². The van der Waals surface area contributed by atoms with Gasteiger partial charge in [-0.1, -0.05) is 13.2 Å². The molecule has 0 saturated heterocycles. The number of aliphatic hydroxyl groups excluding tert-OH is 1. The molecule has 5 heteroatoms. The highest BCUT2D eigenvalue weighted by molar-refractivity contribution is 4.59. The molecule has 0 radical (unpaired) electrons. The minimum Gasteiger partial charge on any atom is -0.500 e. The first kappa shape index (κ1) is 15.0. The van der Waals surface area contributed by atoms with Gasteiger partial charge in [-0.05, 0) is 0 Å². The Morgan fingerprint density at radius 2 is 1.81 bits per heavy atom. The molecule has 0 aromatic rings. The molecule has 0 spiro atoms. The van der Waals surface area contributed by atoms with E-state index in [2.05, 4.69) is 18.5 Å². The second kappa shape index (κ2) is 12.0. The number of ether oxygens (including phenoxy) is 3. The largest absolute Gasteiger partial charge is 0.500 e. The predicted octanol–water partition coefficient (Wildman–Crippen LogP) is 0.274. The van der Waals surface area contributed by atoms with Gasteiger partial charge in [0.1, 0.15) is 6.61 Å². The van der Waals surface area contributed by atoms with Gasteiger partial charge in [-0.25, -0.2) is 0 Å². The standard InChI is InChI=1S/C11H21NO4/c1-3-14-6-5-12-9-11(13)10-16-8-7-15-4-2/h3-4,11-13H,1-2,5-10H2. The highest BCUT2D eigenvalue weighted by atomic mass is 16.5. The lowest BCUT2D eigenvalue weighted by atomic mass is 10.4. The first-order valence-electron chi connectivity index (χ1n) is 5.22. The lowest BCUT2D eigenvalue weighted by Crippen LogP contribution is -2.32. The van der Waals surface area contributed by atoms with Crippen molar-refractivity contribution in [2.24, 2.45) is 0 Å². The lowest BCUT2D eigenvalue weighted by Gasteiger charge is -2.12. The zero-order valence-electron chi connectivity index (χ0n) is 9.56. The Bertz CT molecular complexity index is 157. The van der Waals surface area contributed by atoms with Gasteiger partial charge in [-0.15, -0.1) is 0 Å². The maximum atomic E-state index is 9.45. The van der Waals surface area contributed by atoms with Crippen LogP contribution in [-0.2, 0) is 14.2 Å². The third-order valence-electron chi connectivity index (χ3n) is 1.67. The van der Waals surface area contributed by atoms with Crippen molar-refractivity contribution >= 4 is 0 Å². The monoisotopic (exact) mass is 231 g/mol. The van der Waals surface area contributed by atoms with E-state index in [0.29, 0.717) is 32.9 Å². The molecule has 1 atom stereocenters. The summed E-state index contributed by atoms with van der Waals surface area (Å²) in [7, 11) is 0. The predicted molar refractivity (Wildman–Crippen MR) is 62.0 cm³/mol. The van der Waals surface area contributed by atoms with E-state index in [1.165, 1.54) is 12.5 Å². The molecule has 5 nitrogen and oxygen atoms in total. The van der Waals surface area contributed by atoms with Gasteiger partial charge in [-0.2, -0.15) is 0 Å². The van der Waals surface area contributed by atoms with Gasteiger partial charge in [0, 0.05) is 13.1 Å². The SMILES string of the molecule is C=COCCNCC(O)COCCOC=C. The molecule has 0 bridgehead atoms. The van der Waals surface area contributed by atoms with Crippen molar-refractivity contribution in [1.29, 1.82) is 0 Å². The number of hydrogen-bond donors (Lipinski definition) is 2. The molecule has 2 N–H and O–H groups in total. The average molecular weight is 231 g/mol. The Labute approximate surface area is 96.7 Å². The molecule has 0 fully saturated rings. The number of hydrogen-bond acceptors (Lipinski definition) is 5. The summed E-state index contributed by atoms with van der Waals surface area (Å²) >= 11 is 0. The fourth-order valence-corrected chi connectivity index (χ4v) is 0.952. The molecule has 0 amide bonds. The second-order valence-corrected chi connectivity index (χ2v) is 3.01. The van der Waals surface area contributed by atoms with Crippen LogP contribution >= 0.6 is 0 Å². The van der Waals surface area contributed by atoms with Crippen LogP contribution < -0.4 is 5.32 Å². The first-order chi connectivity index (χ1) is 7.81. The van der Waals surface area contributed by atoms with Crippen LogP contribution in [0.3, 0.4) is 0 Å². The first-order valence-corrected chi connectivity index (χ1v) is 5.22. The smallest absolute Gasteiger partial charge is 0.111 e. The fraction of sp³-hybridized carbons (Fsp3) is 0.636. The van der Waals surface area contributed by atoms with Gasteiger partial charge in [0.15, 0.2) is 0 Å². The third-order valence-corrected chi connectivity index (χ3v) is 1.67.